The van der Waals surface area contributed by atoms with Crippen LogP contribution in [0, 0.1) is 16.7 Å². The van der Waals surface area contributed by atoms with Gasteiger partial charge < -0.3 is 14.6 Å². The van der Waals surface area contributed by atoms with Crippen molar-refractivity contribution in [1.29, 1.82) is 5.26 Å². The molecule has 0 aliphatic carbocycles. The Morgan fingerprint density at radius 3 is 2.39 bits per heavy atom. The van der Waals surface area contributed by atoms with Crippen LogP contribution in [0.2, 0.25) is 0 Å². The van der Waals surface area contributed by atoms with Gasteiger partial charge in [0.2, 0.25) is 0 Å². The molecule has 28 heavy (non-hydrogen) atoms. The molecule has 0 fully saturated rings. The van der Waals surface area contributed by atoms with E-state index >= 15 is 0 Å². The highest BCUT2D eigenvalue weighted by Crippen LogP contribution is 2.33. The molecule has 1 aromatic carbocycles. The molecule has 1 atom stereocenters. The average Bonchev–Trinajstić information content (AvgIpc) is 2.65. The molecule has 1 aromatic heterocycles. The van der Waals surface area contributed by atoms with Crippen LogP contribution in [0.1, 0.15) is 56.2 Å². The van der Waals surface area contributed by atoms with E-state index in [0.29, 0.717) is 16.7 Å². The van der Waals surface area contributed by atoms with Gasteiger partial charge >= 0.3 is 11.9 Å². The standard InChI is InChI=1S/C21H22N2O5/c1-13(24)28-19-16(18(25)15-7-5-14(11-22)6-8-15)9-10-23-17(19)12-27-20(26)21(2,3)4/h5-10,18,25H,12H2,1-4H3/t18-/m1/s1. The molecule has 0 bridgehead atoms. The van der Waals surface area contributed by atoms with Crippen molar-refractivity contribution in [2.24, 2.45) is 5.41 Å². The van der Waals surface area contributed by atoms with Gasteiger partial charge in [0, 0.05) is 18.7 Å². The first-order valence-corrected chi connectivity index (χ1v) is 8.65. The summed E-state index contributed by atoms with van der Waals surface area (Å²) >= 11 is 0. The van der Waals surface area contributed by atoms with Crippen molar-refractivity contribution in [3.63, 3.8) is 0 Å². The molecule has 1 heterocycles. The van der Waals surface area contributed by atoms with Gasteiger partial charge in [0.25, 0.3) is 0 Å². The van der Waals surface area contributed by atoms with Crippen molar-refractivity contribution < 1.29 is 24.2 Å². The van der Waals surface area contributed by atoms with Crippen LogP contribution in [0.15, 0.2) is 36.5 Å². The fourth-order valence-electron chi connectivity index (χ4n) is 2.36. The van der Waals surface area contributed by atoms with Crippen LogP contribution in [0.5, 0.6) is 5.75 Å². The maximum Gasteiger partial charge on any atom is 0.311 e. The van der Waals surface area contributed by atoms with Gasteiger partial charge in [-0.1, -0.05) is 12.1 Å². The average molecular weight is 382 g/mol. The summed E-state index contributed by atoms with van der Waals surface area (Å²) in [7, 11) is 0. The van der Waals surface area contributed by atoms with Crippen LogP contribution in [-0.4, -0.2) is 22.0 Å². The van der Waals surface area contributed by atoms with Gasteiger partial charge in [-0.15, -0.1) is 0 Å². The maximum absolute atomic E-state index is 12.0. The van der Waals surface area contributed by atoms with Crippen LogP contribution >= 0.6 is 0 Å². The van der Waals surface area contributed by atoms with Crippen molar-refractivity contribution >= 4 is 11.9 Å². The van der Waals surface area contributed by atoms with Crippen LogP contribution in [0.4, 0.5) is 0 Å². The predicted octanol–water partition coefficient (Wildman–Crippen LogP) is 3.05. The van der Waals surface area contributed by atoms with Gasteiger partial charge in [-0.05, 0) is 44.5 Å². The summed E-state index contributed by atoms with van der Waals surface area (Å²) in [6.45, 7) is 6.20. The molecular formula is C21H22N2O5. The van der Waals surface area contributed by atoms with E-state index in [1.165, 1.54) is 19.2 Å². The van der Waals surface area contributed by atoms with Gasteiger partial charge in [-0.2, -0.15) is 5.26 Å². The number of carbonyl (C=O) groups excluding carboxylic acids is 2. The number of carbonyl (C=O) groups is 2. The minimum absolute atomic E-state index is 0.0496. The zero-order valence-electron chi connectivity index (χ0n) is 16.2. The van der Waals surface area contributed by atoms with Crippen molar-refractivity contribution in [2.45, 2.75) is 40.4 Å². The van der Waals surface area contributed by atoms with Gasteiger partial charge in [0.1, 0.15) is 18.4 Å². The summed E-state index contributed by atoms with van der Waals surface area (Å²) in [5.74, 6) is -0.973. The molecule has 146 valence electrons. The molecule has 0 saturated heterocycles. The Morgan fingerprint density at radius 2 is 1.86 bits per heavy atom. The third kappa shape index (κ3) is 5.15. The Bertz CT molecular complexity index is 908. The summed E-state index contributed by atoms with van der Waals surface area (Å²) in [6.07, 6.45) is 0.317. The number of aromatic nitrogens is 1. The number of nitriles is 1. The second-order valence-electron chi connectivity index (χ2n) is 7.23. The minimum Gasteiger partial charge on any atom is -0.459 e. The number of esters is 2. The molecule has 0 radical (unpaired) electrons. The van der Waals surface area contributed by atoms with E-state index in [-0.39, 0.29) is 18.1 Å². The van der Waals surface area contributed by atoms with Crippen molar-refractivity contribution in [2.75, 3.05) is 0 Å². The second-order valence-corrected chi connectivity index (χ2v) is 7.23. The normalized spacial score (nSPS) is 12.0. The number of benzene rings is 1. The highest BCUT2D eigenvalue weighted by molar-refractivity contribution is 5.75. The van der Waals surface area contributed by atoms with Crippen LogP contribution in [0.3, 0.4) is 0 Å². The Kier molecular flexibility index (Phi) is 6.49. The Morgan fingerprint density at radius 1 is 1.21 bits per heavy atom. The fraction of sp³-hybridized carbons (Fsp3) is 0.333. The molecule has 7 heteroatoms. The van der Waals surface area contributed by atoms with Crippen molar-refractivity contribution in [3.05, 3.63) is 58.9 Å². The number of rotatable bonds is 5. The number of aliphatic hydroxyl groups excluding tert-OH is 1. The molecule has 2 aromatic rings. The largest absolute Gasteiger partial charge is 0.459 e. The molecule has 0 aliphatic rings. The van der Waals surface area contributed by atoms with E-state index in [9.17, 15) is 14.7 Å². The summed E-state index contributed by atoms with van der Waals surface area (Å²) < 4.78 is 10.6. The first-order chi connectivity index (χ1) is 13.1. The van der Waals surface area contributed by atoms with E-state index in [1.807, 2.05) is 6.07 Å². The zero-order valence-corrected chi connectivity index (χ0v) is 16.2. The Labute approximate surface area is 163 Å². The highest BCUT2D eigenvalue weighted by atomic mass is 16.5. The number of hydrogen-bond donors (Lipinski definition) is 1. The predicted molar refractivity (Wildman–Crippen MR) is 100 cm³/mol. The SMILES string of the molecule is CC(=O)Oc1c([C@H](O)c2ccc(C#N)cc2)ccnc1COC(=O)C(C)(C)C. The number of nitrogens with zero attached hydrogens (tertiary/aromatic N) is 2. The van der Waals surface area contributed by atoms with Gasteiger partial charge in [-0.3, -0.25) is 14.6 Å². The second kappa shape index (κ2) is 8.63. The number of aliphatic hydroxyl groups is 1. The third-order valence-electron chi connectivity index (χ3n) is 3.86. The molecule has 0 spiro atoms. The molecule has 1 N–H and O–H groups in total. The molecular weight excluding hydrogens is 360 g/mol. The lowest BCUT2D eigenvalue weighted by molar-refractivity contribution is -0.154. The van der Waals surface area contributed by atoms with Gasteiger partial charge in [0.15, 0.2) is 5.75 Å². The monoisotopic (exact) mass is 382 g/mol. The first-order valence-electron chi connectivity index (χ1n) is 8.65. The van der Waals surface area contributed by atoms with Crippen LogP contribution < -0.4 is 4.74 Å². The quantitative estimate of drug-likeness (QED) is 0.791. The summed E-state index contributed by atoms with van der Waals surface area (Å²) in [6, 6.07) is 9.92. The lowest BCUT2D eigenvalue weighted by Crippen LogP contribution is -2.23. The molecule has 0 amide bonds. The number of ether oxygens (including phenoxy) is 2. The van der Waals surface area contributed by atoms with Gasteiger partial charge in [-0.25, -0.2) is 0 Å². The van der Waals surface area contributed by atoms with E-state index in [1.54, 1.807) is 45.0 Å². The van der Waals surface area contributed by atoms with Crippen molar-refractivity contribution in [1.82, 2.24) is 4.98 Å². The Balaban J connectivity index is 2.38. The molecule has 0 aliphatic heterocycles. The Hall–Kier alpha value is -3.24. The zero-order chi connectivity index (χ0) is 20.9. The topological polar surface area (TPSA) is 110 Å². The van der Waals surface area contributed by atoms with E-state index < -0.39 is 23.5 Å². The van der Waals surface area contributed by atoms with Crippen LogP contribution in [0.25, 0.3) is 0 Å². The lowest BCUT2D eigenvalue weighted by Gasteiger charge is -2.19. The minimum atomic E-state index is -1.12. The van der Waals surface area contributed by atoms with Gasteiger partial charge in [0.05, 0.1) is 17.0 Å². The molecule has 0 saturated carbocycles. The first kappa shape index (κ1) is 21.1. The number of pyridine rings is 1. The maximum atomic E-state index is 12.0. The van der Waals surface area contributed by atoms with Crippen LogP contribution in [-0.2, 0) is 20.9 Å². The summed E-state index contributed by atoms with van der Waals surface area (Å²) in [5.41, 5.74) is 0.799. The smallest absolute Gasteiger partial charge is 0.311 e. The van der Waals surface area contributed by atoms with E-state index in [2.05, 4.69) is 4.98 Å². The lowest BCUT2D eigenvalue weighted by atomic mass is 9.97. The fourth-order valence-corrected chi connectivity index (χ4v) is 2.36. The summed E-state index contributed by atoms with van der Waals surface area (Å²) in [4.78, 5) is 27.8. The summed E-state index contributed by atoms with van der Waals surface area (Å²) in [5, 5.41) is 19.7. The molecule has 7 nitrogen and oxygen atoms in total. The molecule has 2 rings (SSSR count). The van der Waals surface area contributed by atoms with E-state index in [0.717, 1.165) is 0 Å². The van der Waals surface area contributed by atoms with Crippen molar-refractivity contribution in [3.8, 4) is 11.8 Å². The number of hydrogen-bond acceptors (Lipinski definition) is 7. The molecule has 0 unspecified atom stereocenters. The van der Waals surface area contributed by atoms with E-state index in [4.69, 9.17) is 14.7 Å². The highest BCUT2D eigenvalue weighted by Gasteiger charge is 2.25. The third-order valence-corrected chi connectivity index (χ3v) is 3.86.